The predicted octanol–water partition coefficient (Wildman–Crippen LogP) is 1.37. The minimum absolute atomic E-state index is 0.664. The molecule has 0 saturated carbocycles. The Kier molecular flexibility index (Phi) is 3.50. The van der Waals surface area contributed by atoms with Crippen LogP contribution in [0.5, 0.6) is 0 Å². The molecule has 1 aromatic heterocycles. The van der Waals surface area contributed by atoms with Crippen LogP contribution < -0.4 is 5.32 Å². The minimum atomic E-state index is 0.664. The molecule has 4 nitrogen and oxygen atoms in total. The number of aromatic nitrogens is 2. The molecule has 1 aromatic rings. The van der Waals surface area contributed by atoms with Crippen LogP contribution in [0.25, 0.3) is 0 Å². The van der Waals surface area contributed by atoms with Crippen molar-refractivity contribution in [2.24, 2.45) is 0 Å². The van der Waals surface area contributed by atoms with Gasteiger partial charge in [0.2, 0.25) is 0 Å². The van der Waals surface area contributed by atoms with Crippen molar-refractivity contribution in [1.29, 1.82) is 0 Å². The fourth-order valence-electron chi connectivity index (χ4n) is 2.16. The molecule has 4 heteroatoms. The van der Waals surface area contributed by atoms with Gasteiger partial charge >= 0.3 is 0 Å². The molecule has 0 aliphatic carbocycles. The van der Waals surface area contributed by atoms with E-state index < -0.39 is 0 Å². The first kappa shape index (κ1) is 10.4. The summed E-state index contributed by atoms with van der Waals surface area (Å²) >= 11 is 0. The van der Waals surface area contributed by atoms with Crippen LogP contribution in [0.15, 0.2) is 18.6 Å². The van der Waals surface area contributed by atoms with Crippen molar-refractivity contribution in [3.05, 3.63) is 18.6 Å². The summed E-state index contributed by atoms with van der Waals surface area (Å²) in [6.45, 7) is 5.59. The average molecular weight is 206 g/mol. The molecule has 1 aliphatic heterocycles. The van der Waals surface area contributed by atoms with E-state index in [1.807, 2.05) is 0 Å². The lowest BCUT2D eigenvalue weighted by Crippen LogP contribution is -2.34. The molecule has 0 amide bonds. The third-order valence-electron chi connectivity index (χ3n) is 2.99. The van der Waals surface area contributed by atoms with Gasteiger partial charge < -0.3 is 5.32 Å². The highest BCUT2D eigenvalue weighted by atomic mass is 15.2. The third-order valence-corrected chi connectivity index (χ3v) is 2.99. The van der Waals surface area contributed by atoms with Gasteiger partial charge in [0.05, 0.1) is 6.20 Å². The molecule has 2 heterocycles. The number of nitrogens with one attached hydrogen (secondary N) is 1. The smallest absolute Gasteiger partial charge is 0.144 e. The predicted molar refractivity (Wildman–Crippen MR) is 60.8 cm³/mol. The van der Waals surface area contributed by atoms with Gasteiger partial charge in [0, 0.05) is 25.0 Å². The second-order valence-electron chi connectivity index (χ2n) is 3.90. The first-order valence-corrected chi connectivity index (χ1v) is 5.64. The summed E-state index contributed by atoms with van der Waals surface area (Å²) in [5, 5.41) is 3.34. The summed E-state index contributed by atoms with van der Waals surface area (Å²) in [5.41, 5.74) is 0. The summed E-state index contributed by atoms with van der Waals surface area (Å²) in [6.07, 6.45) is 7.79. The topological polar surface area (TPSA) is 41.0 Å². The molecule has 2 rings (SSSR count). The van der Waals surface area contributed by atoms with Gasteiger partial charge in [-0.3, -0.25) is 9.88 Å². The first-order chi connectivity index (χ1) is 7.40. The number of anilines is 1. The molecule has 1 aliphatic rings. The number of hydrogen-bond acceptors (Lipinski definition) is 4. The lowest BCUT2D eigenvalue weighted by atomic mass is 10.2. The Morgan fingerprint density at radius 1 is 1.53 bits per heavy atom. The van der Waals surface area contributed by atoms with Gasteiger partial charge in [-0.1, -0.05) is 6.92 Å². The molecule has 1 fully saturated rings. The van der Waals surface area contributed by atoms with E-state index in [0.29, 0.717) is 6.04 Å². The van der Waals surface area contributed by atoms with Crippen molar-refractivity contribution < 1.29 is 0 Å². The van der Waals surface area contributed by atoms with E-state index in [0.717, 1.165) is 18.9 Å². The molecule has 1 N–H and O–H groups in total. The number of nitrogens with zero attached hydrogens (tertiary/aromatic N) is 3. The maximum atomic E-state index is 4.20. The lowest BCUT2D eigenvalue weighted by molar-refractivity contribution is 0.277. The molecular formula is C11H18N4. The number of likely N-dealkylation sites (tertiary alicyclic amines) is 1. The highest BCUT2D eigenvalue weighted by Gasteiger charge is 2.22. The van der Waals surface area contributed by atoms with Crippen molar-refractivity contribution in [1.82, 2.24) is 14.9 Å². The quantitative estimate of drug-likeness (QED) is 0.808. The summed E-state index contributed by atoms with van der Waals surface area (Å²) in [6, 6.07) is 0.664. The van der Waals surface area contributed by atoms with Gasteiger partial charge in [-0.25, -0.2) is 4.98 Å². The van der Waals surface area contributed by atoms with Crippen LogP contribution in [-0.4, -0.2) is 40.5 Å². The Morgan fingerprint density at radius 3 is 3.20 bits per heavy atom. The van der Waals surface area contributed by atoms with Crippen LogP contribution in [0, 0.1) is 0 Å². The van der Waals surface area contributed by atoms with Gasteiger partial charge in [-0.05, 0) is 25.9 Å². The van der Waals surface area contributed by atoms with Crippen molar-refractivity contribution >= 4 is 5.82 Å². The van der Waals surface area contributed by atoms with Crippen molar-refractivity contribution in [2.75, 3.05) is 25.0 Å². The fourth-order valence-corrected chi connectivity index (χ4v) is 2.16. The van der Waals surface area contributed by atoms with Gasteiger partial charge in [0.15, 0.2) is 0 Å². The standard InChI is InChI=1S/C11H18N4/c1-2-15-7-3-4-10(15)8-14-11-9-12-5-6-13-11/h5-6,9-10H,2-4,7-8H2,1H3,(H,13,14). The van der Waals surface area contributed by atoms with Crippen molar-refractivity contribution in [3.63, 3.8) is 0 Å². The van der Waals surface area contributed by atoms with E-state index in [9.17, 15) is 0 Å². The zero-order chi connectivity index (χ0) is 10.5. The first-order valence-electron chi connectivity index (χ1n) is 5.64. The normalized spacial score (nSPS) is 21.8. The average Bonchev–Trinajstić information content (AvgIpc) is 2.75. The Balaban J connectivity index is 1.83. The summed E-state index contributed by atoms with van der Waals surface area (Å²) in [4.78, 5) is 10.7. The molecular weight excluding hydrogens is 188 g/mol. The molecule has 82 valence electrons. The largest absolute Gasteiger partial charge is 0.367 e. The van der Waals surface area contributed by atoms with Crippen molar-refractivity contribution in [2.45, 2.75) is 25.8 Å². The van der Waals surface area contributed by atoms with Crippen LogP contribution >= 0.6 is 0 Å². The van der Waals surface area contributed by atoms with Gasteiger partial charge in [0.25, 0.3) is 0 Å². The van der Waals surface area contributed by atoms with Crippen molar-refractivity contribution in [3.8, 4) is 0 Å². The Morgan fingerprint density at radius 2 is 2.47 bits per heavy atom. The van der Waals surface area contributed by atoms with E-state index in [-0.39, 0.29) is 0 Å². The Labute approximate surface area is 90.7 Å². The maximum absolute atomic E-state index is 4.20. The zero-order valence-electron chi connectivity index (χ0n) is 9.19. The maximum Gasteiger partial charge on any atom is 0.144 e. The van der Waals surface area contributed by atoms with E-state index >= 15 is 0 Å². The van der Waals surface area contributed by atoms with Crippen LogP contribution in [0.4, 0.5) is 5.82 Å². The minimum Gasteiger partial charge on any atom is -0.367 e. The molecule has 15 heavy (non-hydrogen) atoms. The molecule has 1 unspecified atom stereocenters. The summed E-state index contributed by atoms with van der Waals surface area (Å²) in [5.74, 6) is 0.875. The molecule has 0 spiro atoms. The van der Waals surface area contributed by atoms with E-state index in [4.69, 9.17) is 0 Å². The van der Waals surface area contributed by atoms with Crippen LogP contribution in [0.1, 0.15) is 19.8 Å². The van der Waals surface area contributed by atoms with Crippen LogP contribution in [0.2, 0.25) is 0 Å². The van der Waals surface area contributed by atoms with E-state index in [1.165, 1.54) is 19.4 Å². The highest BCUT2D eigenvalue weighted by molar-refractivity contribution is 5.30. The SMILES string of the molecule is CCN1CCCC1CNc1cnccn1. The lowest BCUT2D eigenvalue weighted by Gasteiger charge is -2.22. The third kappa shape index (κ3) is 2.65. The summed E-state index contributed by atoms with van der Waals surface area (Å²) < 4.78 is 0. The Hall–Kier alpha value is -1.16. The second kappa shape index (κ2) is 5.07. The van der Waals surface area contributed by atoms with Crippen LogP contribution in [0.3, 0.4) is 0 Å². The summed E-state index contributed by atoms with van der Waals surface area (Å²) in [7, 11) is 0. The van der Waals surface area contributed by atoms with Crippen LogP contribution in [-0.2, 0) is 0 Å². The van der Waals surface area contributed by atoms with Gasteiger partial charge in [-0.2, -0.15) is 0 Å². The molecule has 1 saturated heterocycles. The monoisotopic (exact) mass is 206 g/mol. The second-order valence-corrected chi connectivity index (χ2v) is 3.90. The fraction of sp³-hybridized carbons (Fsp3) is 0.636. The highest BCUT2D eigenvalue weighted by Crippen LogP contribution is 2.16. The van der Waals surface area contributed by atoms with E-state index in [2.05, 4.69) is 27.1 Å². The number of likely N-dealkylation sites (N-methyl/N-ethyl adjacent to an activating group) is 1. The molecule has 0 bridgehead atoms. The number of rotatable bonds is 4. The van der Waals surface area contributed by atoms with E-state index in [1.54, 1.807) is 18.6 Å². The zero-order valence-corrected chi connectivity index (χ0v) is 9.19. The number of hydrogen-bond donors (Lipinski definition) is 1. The molecule has 0 aromatic carbocycles. The Bertz CT molecular complexity index is 288. The molecule has 1 atom stereocenters. The van der Waals surface area contributed by atoms with Gasteiger partial charge in [-0.15, -0.1) is 0 Å². The van der Waals surface area contributed by atoms with Gasteiger partial charge in [0.1, 0.15) is 5.82 Å². The molecule has 0 radical (unpaired) electrons.